The Balaban J connectivity index is 3.05. The number of amides is 1. The predicted molar refractivity (Wildman–Crippen MR) is 53.5 cm³/mol. The summed E-state index contributed by atoms with van der Waals surface area (Å²) in [6.45, 7) is 3.12. The zero-order valence-electron chi connectivity index (χ0n) is 6.55. The SMILES string of the molecule is C=NNC(=O)c1cc(Cl)ccc1Cl. The van der Waals surface area contributed by atoms with Crippen LogP contribution >= 0.6 is 23.2 Å². The highest BCUT2D eigenvalue weighted by molar-refractivity contribution is 6.35. The molecule has 3 nitrogen and oxygen atoms in total. The third-order valence-electron chi connectivity index (χ3n) is 1.35. The molecule has 0 aromatic heterocycles. The summed E-state index contributed by atoms with van der Waals surface area (Å²) in [5, 5.41) is 4.00. The van der Waals surface area contributed by atoms with Crippen LogP contribution in [0.5, 0.6) is 0 Å². The minimum atomic E-state index is -0.428. The largest absolute Gasteiger partial charge is 0.272 e. The highest BCUT2D eigenvalue weighted by Crippen LogP contribution is 2.20. The number of hydrogen-bond donors (Lipinski definition) is 1. The van der Waals surface area contributed by atoms with Gasteiger partial charge in [0.05, 0.1) is 10.6 Å². The van der Waals surface area contributed by atoms with Crippen molar-refractivity contribution in [3.63, 3.8) is 0 Å². The van der Waals surface area contributed by atoms with Gasteiger partial charge in [-0.1, -0.05) is 23.2 Å². The molecule has 0 fully saturated rings. The van der Waals surface area contributed by atoms with Crippen molar-refractivity contribution < 1.29 is 4.79 Å². The highest BCUT2D eigenvalue weighted by Gasteiger charge is 2.09. The van der Waals surface area contributed by atoms with Gasteiger partial charge in [0.15, 0.2) is 0 Å². The highest BCUT2D eigenvalue weighted by atomic mass is 35.5. The smallest absolute Gasteiger partial charge is 0.267 e. The Morgan fingerprint density at radius 1 is 1.46 bits per heavy atom. The van der Waals surface area contributed by atoms with Gasteiger partial charge < -0.3 is 0 Å². The first-order valence-corrected chi connectivity index (χ1v) is 4.12. The van der Waals surface area contributed by atoms with Gasteiger partial charge >= 0.3 is 0 Å². The fraction of sp³-hybridized carbons (Fsp3) is 0. The van der Waals surface area contributed by atoms with Crippen molar-refractivity contribution in [1.29, 1.82) is 0 Å². The predicted octanol–water partition coefficient (Wildman–Crippen LogP) is 2.34. The lowest BCUT2D eigenvalue weighted by atomic mass is 10.2. The maximum Gasteiger partial charge on any atom is 0.272 e. The molecule has 0 saturated carbocycles. The van der Waals surface area contributed by atoms with E-state index in [4.69, 9.17) is 23.2 Å². The molecule has 0 saturated heterocycles. The summed E-state index contributed by atoms with van der Waals surface area (Å²) in [6, 6.07) is 4.61. The van der Waals surface area contributed by atoms with Gasteiger partial charge in [0, 0.05) is 11.7 Å². The Morgan fingerprint density at radius 3 is 2.77 bits per heavy atom. The summed E-state index contributed by atoms with van der Waals surface area (Å²) in [6.07, 6.45) is 0. The van der Waals surface area contributed by atoms with E-state index in [1.54, 1.807) is 12.1 Å². The van der Waals surface area contributed by atoms with Gasteiger partial charge in [-0.3, -0.25) is 4.79 Å². The van der Waals surface area contributed by atoms with E-state index in [0.717, 1.165) is 0 Å². The molecule has 0 aliphatic carbocycles. The zero-order chi connectivity index (χ0) is 9.84. The van der Waals surface area contributed by atoms with E-state index in [-0.39, 0.29) is 5.56 Å². The van der Waals surface area contributed by atoms with Crippen molar-refractivity contribution in [2.24, 2.45) is 5.10 Å². The molecule has 68 valence electrons. The number of carbonyl (C=O) groups is 1. The molecule has 0 bridgehead atoms. The van der Waals surface area contributed by atoms with Crippen LogP contribution in [0.3, 0.4) is 0 Å². The molecule has 0 heterocycles. The van der Waals surface area contributed by atoms with Gasteiger partial charge in [0.1, 0.15) is 0 Å². The van der Waals surface area contributed by atoms with Gasteiger partial charge in [0.25, 0.3) is 5.91 Å². The van der Waals surface area contributed by atoms with Crippen LogP contribution in [0, 0.1) is 0 Å². The minimum Gasteiger partial charge on any atom is -0.267 e. The molecule has 0 aliphatic heterocycles. The van der Waals surface area contributed by atoms with Crippen LogP contribution < -0.4 is 5.43 Å². The van der Waals surface area contributed by atoms with Crippen molar-refractivity contribution in [2.45, 2.75) is 0 Å². The molecule has 1 aromatic rings. The molecular formula is C8H6Cl2N2O. The number of hydrazone groups is 1. The molecule has 13 heavy (non-hydrogen) atoms. The zero-order valence-corrected chi connectivity index (χ0v) is 8.06. The molecule has 0 unspecified atom stereocenters. The molecule has 1 aromatic carbocycles. The Morgan fingerprint density at radius 2 is 2.15 bits per heavy atom. The third kappa shape index (κ3) is 2.44. The normalized spacial score (nSPS) is 9.38. The molecule has 1 amide bonds. The maximum atomic E-state index is 11.2. The second-order valence-electron chi connectivity index (χ2n) is 2.22. The average molecular weight is 217 g/mol. The Bertz CT molecular complexity index is 352. The summed E-state index contributed by atoms with van der Waals surface area (Å²) in [4.78, 5) is 11.2. The fourth-order valence-electron chi connectivity index (χ4n) is 0.804. The molecule has 5 heteroatoms. The van der Waals surface area contributed by atoms with Crippen molar-refractivity contribution in [2.75, 3.05) is 0 Å². The Labute approximate surface area is 85.3 Å². The van der Waals surface area contributed by atoms with Crippen molar-refractivity contribution in [3.8, 4) is 0 Å². The second kappa shape index (κ2) is 4.25. The number of halogens is 2. The molecule has 0 radical (unpaired) electrons. The van der Waals surface area contributed by atoms with Crippen LogP contribution in [-0.4, -0.2) is 12.6 Å². The van der Waals surface area contributed by atoms with Crippen molar-refractivity contribution in [3.05, 3.63) is 33.8 Å². The van der Waals surface area contributed by atoms with Gasteiger partial charge in [-0.2, -0.15) is 5.10 Å². The Kier molecular flexibility index (Phi) is 3.28. The third-order valence-corrected chi connectivity index (χ3v) is 1.92. The molecule has 0 atom stereocenters. The van der Waals surface area contributed by atoms with Crippen LogP contribution in [0.1, 0.15) is 10.4 Å². The summed E-state index contributed by atoms with van der Waals surface area (Å²) in [5.41, 5.74) is 2.44. The topological polar surface area (TPSA) is 41.5 Å². The first kappa shape index (κ1) is 10.0. The lowest BCUT2D eigenvalue weighted by molar-refractivity contribution is 0.0955. The van der Waals surface area contributed by atoms with Crippen LogP contribution in [0.25, 0.3) is 0 Å². The monoisotopic (exact) mass is 216 g/mol. The lowest BCUT2D eigenvalue weighted by Gasteiger charge is -2.01. The number of hydrogen-bond acceptors (Lipinski definition) is 2. The second-order valence-corrected chi connectivity index (χ2v) is 3.07. The van der Waals surface area contributed by atoms with Gasteiger partial charge in [-0.05, 0) is 18.2 Å². The first-order chi connectivity index (χ1) is 6.15. The number of rotatable bonds is 2. The van der Waals surface area contributed by atoms with Crippen LogP contribution in [0.2, 0.25) is 10.0 Å². The summed E-state index contributed by atoms with van der Waals surface area (Å²) < 4.78 is 0. The van der Waals surface area contributed by atoms with Crippen LogP contribution in [0.4, 0.5) is 0 Å². The van der Waals surface area contributed by atoms with E-state index in [0.29, 0.717) is 10.0 Å². The van der Waals surface area contributed by atoms with E-state index < -0.39 is 5.91 Å². The Hall–Kier alpha value is -1.06. The maximum absolute atomic E-state index is 11.2. The number of nitrogens with zero attached hydrogens (tertiary/aromatic N) is 1. The van der Waals surface area contributed by atoms with E-state index in [2.05, 4.69) is 17.2 Å². The van der Waals surface area contributed by atoms with Crippen molar-refractivity contribution >= 4 is 35.8 Å². The van der Waals surface area contributed by atoms with E-state index >= 15 is 0 Å². The summed E-state index contributed by atoms with van der Waals surface area (Å²) >= 11 is 11.4. The van der Waals surface area contributed by atoms with Crippen LogP contribution in [-0.2, 0) is 0 Å². The minimum absolute atomic E-state index is 0.279. The standard InChI is InChI=1S/C8H6Cl2N2O/c1-11-12-8(13)6-4-5(9)2-3-7(6)10/h2-4H,1H2,(H,12,13). The van der Waals surface area contributed by atoms with Gasteiger partial charge in [-0.25, -0.2) is 5.43 Å². The van der Waals surface area contributed by atoms with Crippen LogP contribution in [0.15, 0.2) is 23.3 Å². The molecule has 1 rings (SSSR count). The van der Waals surface area contributed by atoms with E-state index in [9.17, 15) is 4.79 Å². The van der Waals surface area contributed by atoms with Gasteiger partial charge in [-0.15, -0.1) is 0 Å². The average Bonchev–Trinajstić information content (AvgIpc) is 2.09. The summed E-state index contributed by atoms with van der Waals surface area (Å²) in [7, 11) is 0. The first-order valence-electron chi connectivity index (χ1n) is 3.36. The molecule has 0 spiro atoms. The molecular weight excluding hydrogens is 211 g/mol. The van der Waals surface area contributed by atoms with Gasteiger partial charge in [0.2, 0.25) is 0 Å². The lowest BCUT2D eigenvalue weighted by Crippen LogP contribution is -2.17. The molecule has 0 aliphatic rings. The number of nitrogens with one attached hydrogen (secondary N) is 1. The van der Waals surface area contributed by atoms with E-state index in [1.807, 2.05) is 0 Å². The quantitative estimate of drug-likeness (QED) is 0.599. The number of carbonyl (C=O) groups excluding carboxylic acids is 1. The molecule has 1 N–H and O–H groups in total. The number of benzene rings is 1. The fourth-order valence-corrected chi connectivity index (χ4v) is 1.18. The summed E-state index contributed by atoms with van der Waals surface area (Å²) in [5.74, 6) is -0.428. The van der Waals surface area contributed by atoms with Crippen molar-refractivity contribution in [1.82, 2.24) is 5.43 Å². The van der Waals surface area contributed by atoms with E-state index in [1.165, 1.54) is 6.07 Å².